The van der Waals surface area contributed by atoms with Gasteiger partial charge in [-0.05, 0) is 26.7 Å². The first kappa shape index (κ1) is 20.9. The lowest BCUT2D eigenvalue weighted by Gasteiger charge is -2.26. The summed E-state index contributed by atoms with van der Waals surface area (Å²) < 4.78 is 22.3. The van der Waals surface area contributed by atoms with E-state index in [1.165, 1.54) is 13.1 Å². The lowest BCUT2D eigenvalue weighted by molar-refractivity contribution is -0.163. The molecule has 0 aliphatic heterocycles. The fourth-order valence-electron chi connectivity index (χ4n) is 1.40. The van der Waals surface area contributed by atoms with Gasteiger partial charge in [0.2, 0.25) is 6.10 Å². The molecule has 0 rings (SSSR count). The van der Waals surface area contributed by atoms with Crippen molar-refractivity contribution in [3.8, 4) is 0 Å². The van der Waals surface area contributed by atoms with Crippen molar-refractivity contribution >= 4 is 18.0 Å². The van der Waals surface area contributed by atoms with Crippen LogP contribution in [0, 0.1) is 5.92 Å². The molecule has 0 saturated heterocycles. The minimum absolute atomic E-state index is 0.143. The molecule has 0 aliphatic carbocycles. The molecule has 0 spiro atoms. The Balaban J connectivity index is 5.34. The van der Waals surface area contributed by atoms with Crippen LogP contribution < -0.4 is 0 Å². The van der Waals surface area contributed by atoms with Gasteiger partial charge in [-0.25, -0.2) is 18.8 Å². The van der Waals surface area contributed by atoms with Crippen molar-refractivity contribution in [1.29, 1.82) is 0 Å². The Hall–Kier alpha value is -2.12. The number of esters is 1. The van der Waals surface area contributed by atoms with Crippen molar-refractivity contribution in [1.82, 2.24) is 4.90 Å². The number of carbonyl (C=O) groups is 3. The lowest BCUT2D eigenvalue weighted by atomic mass is 10.1. The molecule has 7 nitrogen and oxygen atoms in total. The molecule has 0 aromatic carbocycles. The predicted octanol–water partition coefficient (Wildman–Crippen LogP) is 2.36. The van der Waals surface area contributed by atoms with Crippen LogP contribution in [0.25, 0.3) is 0 Å². The zero-order chi connectivity index (χ0) is 18.4. The van der Waals surface area contributed by atoms with Crippen LogP contribution in [0.15, 0.2) is 11.8 Å². The van der Waals surface area contributed by atoms with Gasteiger partial charge in [0.05, 0.1) is 0 Å². The second kappa shape index (κ2) is 8.50. The van der Waals surface area contributed by atoms with Crippen molar-refractivity contribution in [2.45, 2.75) is 46.3 Å². The number of amides is 1. The quantitative estimate of drug-likeness (QED) is 0.592. The predicted molar refractivity (Wildman–Crippen MR) is 80.4 cm³/mol. The summed E-state index contributed by atoms with van der Waals surface area (Å²) in [6, 6.07) is 0. The second-order valence-corrected chi connectivity index (χ2v) is 6.22. The Morgan fingerprint density at radius 2 is 1.78 bits per heavy atom. The number of carbonyl (C=O) groups excluding carboxylic acids is 2. The molecule has 8 heteroatoms. The normalized spacial score (nSPS) is 13.5. The number of alkyl halides is 1. The molecule has 1 amide bonds. The van der Waals surface area contributed by atoms with Crippen molar-refractivity contribution in [2.75, 3.05) is 13.7 Å². The van der Waals surface area contributed by atoms with Gasteiger partial charge in [0.1, 0.15) is 18.0 Å². The molecule has 0 heterocycles. The van der Waals surface area contributed by atoms with Gasteiger partial charge in [-0.1, -0.05) is 19.9 Å². The summed E-state index contributed by atoms with van der Waals surface area (Å²) in [6.45, 7) is 7.11. The monoisotopic (exact) mass is 333 g/mol. The Labute approximate surface area is 135 Å². The van der Waals surface area contributed by atoms with E-state index in [-0.39, 0.29) is 11.6 Å². The third kappa shape index (κ3) is 7.62. The van der Waals surface area contributed by atoms with Gasteiger partial charge >= 0.3 is 18.0 Å². The lowest BCUT2D eigenvalue weighted by Crippen LogP contribution is -2.38. The largest absolute Gasteiger partial charge is 0.478 e. The number of halogens is 1. The van der Waals surface area contributed by atoms with Gasteiger partial charge in [-0.15, -0.1) is 0 Å². The number of allylic oxidation sites excluding steroid dienone is 1. The van der Waals surface area contributed by atoms with Crippen LogP contribution in [-0.4, -0.2) is 53.5 Å². The Bertz CT molecular complexity index is 481. The maximum absolute atomic E-state index is 12.6. The van der Waals surface area contributed by atoms with E-state index in [0.717, 1.165) is 4.90 Å². The van der Waals surface area contributed by atoms with Crippen molar-refractivity contribution in [2.24, 2.45) is 5.92 Å². The molecule has 0 fully saturated rings. The van der Waals surface area contributed by atoms with Gasteiger partial charge in [-0.2, -0.15) is 0 Å². The fourth-order valence-corrected chi connectivity index (χ4v) is 1.40. The van der Waals surface area contributed by atoms with Crippen LogP contribution in [0.1, 0.15) is 34.6 Å². The van der Waals surface area contributed by atoms with E-state index in [0.29, 0.717) is 0 Å². The summed E-state index contributed by atoms with van der Waals surface area (Å²) in [5.74, 6) is -2.86. The summed E-state index contributed by atoms with van der Waals surface area (Å²) in [4.78, 5) is 35.8. The highest BCUT2D eigenvalue weighted by atomic mass is 19.1. The summed E-state index contributed by atoms with van der Waals surface area (Å²) in [6.07, 6.45) is -1.33. The summed E-state index contributed by atoms with van der Waals surface area (Å²) in [5.41, 5.74) is -0.991. The van der Waals surface area contributed by atoms with Crippen molar-refractivity contribution < 1.29 is 33.4 Å². The number of carboxylic acids is 1. The van der Waals surface area contributed by atoms with Gasteiger partial charge < -0.3 is 14.6 Å². The Kier molecular flexibility index (Phi) is 7.71. The highest BCUT2D eigenvalue weighted by Crippen LogP contribution is 2.16. The van der Waals surface area contributed by atoms with Gasteiger partial charge in [0.15, 0.2) is 0 Å². The number of nitrogens with zero attached hydrogens (tertiary/aromatic N) is 1. The summed E-state index contributed by atoms with van der Waals surface area (Å²) >= 11 is 0. The molecule has 1 atom stereocenters. The van der Waals surface area contributed by atoms with Gasteiger partial charge in [0.25, 0.3) is 0 Å². The summed E-state index contributed by atoms with van der Waals surface area (Å²) in [7, 11) is 1.29. The van der Waals surface area contributed by atoms with Crippen molar-refractivity contribution in [3.63, 3.8) is 0 Å². The molecule has 0 aromatic rings. The number of carboxylic acid groups (broad SMARTS) is 1. The maximum Gasteiger partial charge on any atom is 0.414 e. The average molecular weight is 333 g/mol. The van der Waals surface area contributed by atoms with Crippen LogP contribution in [0.3, 0.4) is 0 Å². The van der Waals surface area contributed by atoms with E-state index >= 15 is 0 Å². The zero-order valence-corrected chi connectivity index (χ0v) is 14.3. The molecule has 0 saturated carbocycles. The van der Waals surface area contributed by atoms with Crippen LogP contribution in [0.2, 0.25) is 0 Å². The zero-order valence-electron chi connectivity index (χ0n) is 14.3. The number of aliphatic carboxylic acids is 1. The number of rotatable bonds is 6. The number of hydrogen-bond donors (Lipinski definition) is 1. The molecule has 1 N–H and O–H groups in total. The van der Waals surface area contributed by atoms with E-state index in [9.17, 15) is 18.8 Å². The third-order valence-electron chi connectivity index (χ3n) is 2.39. The van der Waals surface area contributed by atoms with Gasteiger partial charge in [-0.3, -0.25) is 4.90 Å². The van der Waals surface area contributed by atoms with Crippen molar-refractivity contribution in [3.05, 3.63) is 11.8 Å². The third-order valence-corrected chi connectivity index (χ3v) is 2.39. The second-order valence-electron chi connectivity index (χ2n) is 6.22. The van der Waals surface area contributed by atoms with E-state index in [1.807, 2.05) is 0 Å². The first-order valence-electron chi connectivity index (χ1n) is 7.07. The molecular weight excluding hydrogens is 309 g/mol. The Morgan fingerprint density at radius 3 is 2.13 bits per heavy atom. The standard InChI is InChI=1S/C15H24FNO6/c1-9(2)7-10(13(20)22-11(8-16)12(18)19)17(6)14(21)23-15(3,4)5/h7,9,11H,8H2,1-6H3,(H,18,19)/b10-7+/t11-/m1/s1. The number of ether oxygens (including phenoxy) is 2. The molecule has 23 heavy (non-hydrogen) atoms. The molecule has 0 radical (unpaired) electrons. The number of hydrogen-bond acceptors (Lipinski definition) is 5. The minimum Gasteiger partial charge on any atom is -0.478 e. The molecule has 0 aromatic heterocycles. The topological polar surface area (TPSA) is 93.1 Å². The first-order chi connectivity index (χ1) is 10.4. The molecule has 132 valence electrons. The highest BCUT2D eigenvalue weighted by Gasteiger charge is 2.30. The fraction of sp³-hybridized carbons (Fsp3) is 0.667. The highest BCUT2D eigenvalue weighted by molar-refractivity contribution is 5.93. The molecule has 0 aliphatic rings. The SMILES string of the molecule is CC(C)/C=C(\C(=O)O[C@H](CF)C(=O)O)N(C)C(=O)OC(C)(C)C. The van der Waals surface area contributed by atoms with Crippen LogP contribution >= 0.6 is 0 Å². The molecular formula is C15H24FNO6. The van der Waals surface area contributed by atoms with Crippen LogP contribution in [0.5, 0.6) is 0 Å². The Morgan fingerprint density at radius 1 is 1.26 bits per heavy atom. The van der Waals surface area contributed by atoms with E-state index in [2.05, 4.69) is 4.74 Å². The van der Waals surface area contributed by atoms with Crippen LogP contribution in [0.4, 0.5) is 9.18 Å². The molecule has 0 bridgehead atoms. The van der Waals surface area contributed by atoms with Gasteiger partial charge in [0, 0.05) is 7.05 Å². The minimum atomic E-state index is -1.93. The van der Waals surface area contributed by atoms with E-state index in [1.54, 1.807) is 34.6 Å². The molecule has 0 unspecified atom stereocenters. The van der Waals surface area contributed by atoms with E-state index < -0.39 is 36.4 Å². The average Bonchev–Trinajstić information content (AvgIpc) is 2.38. The first-order valence-corrected chi connectivity index (χ1v) is 7.07. The smallest absolute Gasteiger partial charge is 0.414 e. The van der Waals surface area contributed by atoms with E-state index in [4.69, 9.17) is 9.84 Å². The number of likely N-dealkylation sites (N-methyl/N-ethyl adjacent to an activating group) is 1. The maximum atomic E-state index is 12.6. The summed E-state index contributed by atoms with van der Waals surface area (Å²) in [5, 5.41) is 8.74. The van der Waals surface area contributed by atoms with Crippen LogP contribution in [-0.2, 0) is 19.1 Å².